The van der Waals surface area contributed by atoms with Gasteiger partial charge in [0.1, 0.15) is 11.6 Å². The van der Waals surface area contributed by atoms with Crippen LogP contribution >= 0.6 is 0 Å². The van der Waals surface area contributed by atoms with Crippen LogP contribution in [0.3, 0.4) is 0 Å². The van der Waals surface area contributed by atoms with Crippen LogP contribution in [0.15, 0.2) is 54.7 Å². The van der Waals surface area contributed by atoms with E-state index in [1.807, 2.05) is 28.9 Å². The van der Waals surface area contributed by atoms with E-state index < -0.39 is 5.60 Å². The SMILES string of the molecule is Cn1cc([C@@H](n2nnc3ccccc32)C2(O)CCCCC2)c2ccccc21. The van der Waals surface area contributed by atoms with Crippen molar-refractivity contribution in [2.45, 2.75) is 43.7 Å². The molecule has 4 aromatic rings. The van der Waals surface area contributed by atoms with Crippen LogP contribution in [0, 0.1) is 0 Å². The van der Waals surface area contributed by atoms with Gasteiger partial charge >= 0.3 is 0 Å². The number of fused-ring (bicyclic) bond motifs is 2. The average Bonchev–Trinajstić information content (AvgIpc) is 3.25. The number of rotatable bonds is 3. The Bertz CT molecular complexity index is 1100. The number of benzene rings is 2. The molecular weight excluding hydrogens is 336 g/mol. The van der Waals surface area contributed by atoms with Gasteiger partial charge < -0.3 is 9.67 Å². The minimum atomic E-state index is -0.821. The van der Waals surface area contributed by atoms with Gasteiger partial charge in [-0.2, -0.15) is 0 Å². The zero-order valence-corrected chi connectivity index (χ0v) is 15.5. The van der Waals surface area contributed by atoms with Crippen molar-refractivity contribution in [1.82, 2.24) is 19.6 Å². The van der Waals surface area contributed by atoms with Crippen molar-refractivity contribution in [1.29, 1.82) is 0 Å². The maximum absolute atomic E-state index is 11.8. The number of nitrogens with zero attached hydrogens (tertiary/aromatic N) is 4. The molecule has 0 unspecified atom stereocenters. The molecule has 1 N–H and O–H groups in total. The largest absolute Gasteiger partial charge is 0.387 e. The fourth-order valence-electron chi connectivity index (χ4n) is 4.75. The summed E-state index contributed by atoms with van der Waals surface area (Å²) in [6, 6.07) is 16.1. The molecule has 5 heteroatoms. The van der Waals surface area contributed by atoms with Crippen molar-refractivity contribution in [3.05, 3.63) is 60.3 Å². The predicted octanol–water partition coefficient (Wildman–Crippen LogP) is 4.21. The molecule has 1 aliphatic rings. The Morgan fingerprint density at radius 2 is 1.67 bits per heavy atom. The van der Waals surface area contributed by atoms with Crippen molar-refractivity contribution in [3.8, 4) is 0 Å². The lowest BCUT2D eigenvalue weighted by Crippen LogP contribution is -2.42. The van der Waals surface area contributed by atoms with Gasteiger partial charge in [0.05, 0.1) is 11.1 Å². The molecule has 2 heterocycles. The molecule has 1 aliphatic carbocycles. The summed E-state index contributed by atoms with van der Waals surface area (Å²) in [4.78, 5) is 0. The van der Waals surface area contributed by atoms with E-state index in [1.165, 1.54) is 17.3 Å². The zero-order valence-electron chi connectivity index (χ0n) is 15.5. The van der Waals surface area contributed by atoms with E-state index in [0.717, 1.165) is 42.3 Å². The standard InChI is InChI=1S/C22H24N4O/c1-25-15-17(16-9-3-5-11-19(16)25)21(22(27)13-7-2-8-14-22)26-20-12-6-4-10-18(20)23-24-26/h3-6,9-12,15,21,27H,2,7-8,13-14H2,1H3/t21-/m1/s1. The first-order chi connectivity index (χ1) is 13.2. The maximum Gasteiger partial charge on any atom is 0.113 e. The summed E-state index contributed by atoms with van der Waals surface area (Å²) >= 11 is 0. The van der Waals surface area contributed by atoms with Gasteiger partial charge in [-0.15, -0.1) is 5.10 Å². The Labute approximate surface area is 158 Å². The van der Waals surface area contributed by atoms with Crippen LogP contribution in [-0.4, -0.2) is 30.3 Å². The molecule has 0 saturated heterocycles. The highest BCUT2D eigenvalue weighted by Gasteiger charge is 2.42. The van der Waals surface area contributed by atoms with Crippen LogP contribution in [0.1, 0.15) is 43.7 Å². The normalized spacial score (nSPS) is 18.1. The fourth-order valence-corrected chi connectivity index (χ4v) is 4.75. The lowest BCUT2D eigenvalue weighted by Gasteiger charge is -2.39. The molecule has 0 aliphatic heterocycles. The molecule has 2 aromatic heterocycles. The first-order valence-corrected chi connectivity index (χ1v) is 9.74. The van der Waals surface area contributed by atoms with Crippen molar-refractivity contribution < 1.29 is 5.11 Å². The van der Waals surface area contributed by atoms with E-state index in [9.17, 15) is 5.11 Å². The third-order valence-electron chi connectivity index (χ3n) is 6.07. The predicted molar refractivity (Wildman–Crippen MR) is 107 cm³/mol. The molecule has 5 rings (SSSR count). The molecule has 1 fully saturated rings. The van der Waals surface area contributed by atoms with E-state index in [-0.39, 0.29) is 6.04 Å². The molecule has 0 bridgehead atoms. The Kier molecular flexibility index (Phi) is 3.79. The van der Waals surface area contributed by atoms with Gasteiger partial charge in [0.25, 0.3) is 0 Å². The highest BCUT2D eigenvalue weighted by Crippen LogP contribution is 2.43. The second-order valence-corrected chi connectivity index (χ2v) is 7.80. The second kappa shape index (κ2) is 6.20. The van der Waals surface area contributed by atoms with Crippen LogP contribution in [0.4, 0.5) is 0 Å². The van der Waals surface area contributed by atoms with Gasteiger partial charge in [0.15, 0.2) is 0 Å². The molecule has 27 heavy (non-hydrogen) atoms. The van der Waals surface area contributed by atoms with Gasteiger partial charge in [-0.1, -0.05) is 54.8 Å². The van der Waals surface area contributed by atoms with E-state index >= 15 is 0 Å². The van der Waals surface area contributed by atoms with Crippen LogP contribution in [0.2, 0.25) is 0 Å². The summed E-state index contributed by atoms with van der Waals surface area (Å²) in [6.45, 7) is 0. The van der Waals surface area contributed by atoms with Crippen LogP contribution in [0.25, 0.3) is 21.9 Å². The van der Waals surface area contributed by atoms with Crippen LogP contribution < -0.4 is 0 Å². The smallest absolute Gasteiger partial charge is 0.113 e. The minimum Gasteiger partial charge on any atom is -0.387 e. The maximum atomic E-state index is 11.8. The molecule has 1 saturated carbocycles. The summed E-state index contributed by atoms with van der Waals surface area (Å²) < 4.78 is 4.09. The first kappa shape index (κ1) is 16.5. The van der Waals surface area contributed by atoms with Crippen LogP contribution in [-0.2, 0) is 7.05 Å². The Balaban J connectivity index is 1.78. The topological polar surface area (TPSA) is 55.9 Å². The Hall–Kier alpha value is -2.66. The fraction of sp³-hybridized carbons (Fsp3) is 0.364. The molecule has 138 valence electrons. The van der Waals surface area contributed by atoms with E-state index in [1.54, 1.807) is 0 Å². The first-order valence-electron chi connectivity index (χ1n) is 9.74. The highest BCUT2D eigenvalue weighted by molar-refractivity contribution is 5.85. The molecule has 1 atom stereocenters. The van der Waals surface area contributed by atoms with E-state index in [0.29, 0.717) is 0 Å². The van der Waals surface area contributed by atoms with Crippen molar-refractivity contribution in [2.24, 2.45) is 7.05 Å². The van der Waals surface area contributed by atoms with Gasteiger partial charge in [0, 0.05) is 29.7 Å². The summed E-state index contributed by atoms with van der Waals surface area (Å²) in [6.07, 6.45) is 7.00. The minimum absolute atomic E-state index is 0.253. The van der Waals surface area contributed by atoms with Crippen LogP contribution in [0.5, 0.6) is 0 Å². The van der Waals surface area contributed by atoms with Crippen molar-refractivity contribution in [3.63, 3.8) is 0 Å². The lowest BCUT2D eigenvalue weighted by atomic mass is 9.77. The van der Waals surface area contributed by atoms with Gasteiger partial charge in [-0.05, 0) is 31.0 Å². The molecule has 0 spiro atoms. The van der Waals surface area contributed by atoms with Crippen molar-refractivity contribution in [2.75, 3.05) is 0 Å². The lowest BCUT2D eigenvalue weighted by molar-refractivity contribution is -0.0324. The summed E-state index contributed by atoms with van der Waals surface area (Å²) in [5.41, 5.74) is 3.30. The van der Waals surface area contributed by atoms with Gasteiger partial charge in [0.2, 0.25) is 0 Å². The number of hydrogen-bond acceptors (Lipinski definition) is 3. The molecule has 5 nitrogen and oxygen atoms in total. The number of hydrogen-bond donors (Lipinski definition) is 1. The van der Waals surface area contributed by atoms with Crippen molar-refractivity contribution >= 4 is 21.9 Å². The summed E-state index contributed by atoms with van der Waals surface area (Å²) in [5, 5.41) is 21.8. The monoisotopic (exact) mass is 360 g/mol. The summed E-state index contributed by atoms with van der Waals surface area (Å²) in [7, 11) is 2.06. The second-order valence-electron chi connectivity index (χ2n) is 7.80. The van der Waals surface area contributed by atoms with Gasteiger partial charge in [-0.25, -0.2) is 4.68 Å². The zero-order chi connectivity index (χ0) is 18.4. The number of aliphatic hydroxyl groups is 1. The number of aryl methyl sites for hydroxylation is 1. The highest BCUT2D eigenvalue weighted by atomic mass is 16.3. The molecule has 0 radical (unpaired) electrons. The molecule has 2 aromatic carbocycles. The van der Waals surface area contributed by atoms with E-state index in [2.05, 4.69) is 52.4 Å². The Morgan fingerprint density at radius 1 is 0.963 bits per heavy atom. The molecule has 0 amide bonds. The van der Waals surface area contributed by atoms with Gasteiger partial charge in [-0.3, -0.25) is 0 Å². The summed E-state index contributed by atoms with van der Waals surface area (Å²) in [5.74, 6) is 0. The Morgan fingerprint density at radius 3 is 2.48 bits per heavy atom. The quantitative estimate of drug-likeness (QED) is 0.595. The molecular formula is C22H24N4O. The number of para-hydroxylation sites is 2. The third-order valence-corrected chi connectivity index (χ3v) is 6.07. The average molecular weight is 360 g/mol. The number of aromatic nitrogens is 4. The van der Waals surface area contributed by atoms with E-state index in [4.69, 9.17) is 0 Å². The third kappa shape index (κ3) is 2.57.